The van der Waals surface area contributed by atoms with E-state index in [0.717, 1.165) is 25.8 Å². The molecule has 0 aliphatic carbocycles. The fourth-order valence-corrected chi connectivity index (χ4v) is 1.43. The minimum Gasteiger partial charge on any atom is -0.508 e. The summed E-state index contributed by atoms with van der Waals surface area (Å²) in [6.07, 6.45) is 2.73. The molecule has 0 radical (unpaired) electrons. The maximum Gasteiger partial charge on any atom is 0.115 e. The fraction of sp³-hybridized carbons (Fsp3) is 0.500. The molecule has 84 valence electrons. The van der Waals surface area contributed by atoms with Crippen molar-refractivity contribution >= 4 is 0 Å². The summed E-state index contributed by atoms with van der Waals surface area (Å²) in [6.45, 7) is 2.57. The van der Waals surface area contributed by atoms with E-state index in [9.17, 15) is 0 Å². The number of aliphatic hydroxyl groups is 1. The van der Waals surface area contributed by atoms with E-state index in [1.165, 1.54) is 5.56 Å². The van der Waals surface area contributed by atoms with Gasteiger partial charge in [-0.05, 0) is 50.4 Å². The van der Waals surface area contributed by atoms with Crippen molar-refractivity contribution in [2.45, 2.75) is 32.4 Å². The van der Waals surface area contributed by atoms with E-state index in [1.807, 2.05) is 12.1 Å². The topological polar surface area (TPSA) is 52.5 Å². The summed E-state index contributed by atoms with van der Waals surface area (Å²) in [4.78, 5) is 0. The molecule has 0 saturated heterocycles. The van der Waals surface area contributed by atoms with E-state index in [2.05, 4.69) is 5.32 Å². The minimum atomic E-state index is -0.418. The zero-order valence-corrected chi connectivity index (χ0v) is 9.11. The van der Waals surface area contributed by atoms with Crippen LogP contribution in [0.15, 0.2) is 24.3 Å². The Morgan fingerprint density at radius 3 is 2.47 bits per heavy atom. The summed E-state index contributed by atoms with van der Waals surface area (Å²) in [7, 11) is 0. The van der Waals surface area contributed by atoms with Crippen molar-refractivity contribution in [3.05, 3.63) is 29.8 Å². The standard InChI is InChI=1S/C12H19NO2/c1-10(14)13-9-3-2-4-11-5-7-12(15)8-6-11/h5-8,10,13-15H,2-4,9H2,1H3. The van der Waals surface area contributed by atoms with Gasteiger partial charge >= 0.3 is 0 Å². The van der Waals surface area contributed by atoms with Crippen LogP contribution in [-0.4, -0.2) is 23.0 Å². The summed E-state index contributed by atoms with van der Waals surface area (Å²) in [5.41, 5.74) is 1.24. The number of nitrogens with one attached hydrogen (secondary N) is 1. The summed E-state index contributed by atoms with van der Waals surface area (Å²) in [5, 5.41) is 21.0. The Morgan fingerprint density at radius 2 is 1.87 bits per heavy atom. The molecule has 0 fully saturated rings. The van der Waals surface area contributed by atoms with Gasteiger partial charge in [-0.25, -0.2) is 0 Å². The lowest BCUT2D eigenvalue weighted by Crippen LogP contribution is -2.26. The predicted octanol–water partition coefficient (Wildman–Crippen LogP) is 1.64. The summed E-state index contributed by atoms with van der Waals surface area (Å²) in [5.74, 6) is 0.314. The van der Waals surface area contributed by atoms with Crippen LogP contribution >= 0.6 is 0 Å². The van der Waals surface area contributed by atoms with Crippen molar-refractivity contribution in [2.24, 2.45) is 0 Å². The van der Waals surface area contributed by atoms with Crippen molar-refractivity contribution in [1.29, 1.82) is 0 Å². The van der Waals surface area contributed by atoms with Crippen LogP contribution in [0.25, 0.3) is 0 Å². The first-order chi connectivity index (χ1) is 7.18. The first kappa shape index (κ1) is 12.0. The Labute approximate surface area is 90.8 Å². The van der Waals surface area contributed by atoms with Gasteiger partial charge in [0.1, 0.15) is 12.0 Å². The Kier molecular flexibility index (Phi) is 5.15. The highest BCUT2D eigenvalue weighted by Gasteiger charge is 1.95. The number of aryl methyl sites for hydroxylation is 1. The Hall–Kier alpha value is -1.06. The average Bonchev–Trinajstić information content (AvgIpc) is 2.20. The van der Waals surface area contributed by atoms with Gasteiger partial charge in [-0.15, -0.1) is 0 Å². The largest absolute Gasteiger partial charge is 0.508 e. The van der Waals surface area contributed by atoms with Gasteiger partial charge in [0.05, 0.1) is 0 Å². The molecule has 0 aromatic heterocycles. The molecule has 3 heteroatoms. The maximum atomic E-state index is 9.09. The van der Waals surface area contributed by atoms with Crippen molar-refractivity contribution in [1.82, 2.24) is 5.32 Å². The van der Waals surface area contributed by atoms with E-state index in [4.69, 9.17) is 10.2 Å². The Bertz CT molecular complexity index is 269. The molecule has 0 saturated carbocycles. The molecule has 1 atom stereocenters. The lowest BCUT2D eigenvalue weighted by atomic mass is 10.1. The van der Waals surface area contributed by atoms with Gasteiger partial charge in [-0.1, -0.05) is 12.1 Å². The molecule has 15 heavy (non-hydrogen) atoms. The first-order valence-electron chi connectivity index (χ1n) is 5.38. The van der Waals surface area contributed by atoms with E-state index in [0.29, 0.717) is 5.75 Å². The Balaban J connectivity index is 2.12. The number of aromatic hydroxyl groups is 1. The van der Waals surface area contributed by atoms with Crippen molar-refractivity contribution < 1.29 is 10.2 Å². The third kappa shape index (κ3) is 5.40. The van der Waals surface area contributed by atoms with Gasteiger partial charge in [-0.2, -0.15) is 0 Å². The van der Waals surface area contributed by atoms with E-state index in [1.54, 1.807) is 19.1 Å². The second-order valence-corrected chi connectivity index (χ2v) is 3.75. The number of rotatable bonds is 6. The molecule has 0 bridgehead atoms. The van der Waals surface area contributed by atoms with Gasteiger partial charge in [0.2, 0.25) is 0 Å². The van der Waals surface area contributed by atoms with Crippen LogP contribution in [0.2, 0.25) is 0 Å². The summed E-state index contributed by atoms with van der Waals surface area (Å²) < 4.78 is 0. The zero-order valence-electron chi connectivity index (χ0n) is 9.11. The van der Waals surface area contributed by atoms with Crippen LogP contribution in [-0.2, 0) is 6.42 Å². The van der Waals surface area contributed by atoms with Crippen molar-refractivity contribution in [3.63, 3.8) is 0 Å². The van der Waals surface area contributed by atoms with E-state index in [-0.39, 0.29) is 0 Å². The van der Waals surface area contributed by atoms with Crippen LogP contribution in [0, 0.1) is 0 Å². The summed E-state index contributed by atoms with van der Waals surface area (Å²) >= 11 is 0. The number of phenolic OH excluding ortho intramolecular Hbond substituents is 1. The molecule has 3 nitrogen and oxygen atoms in total. The molecule has 1 aromatic rings. The van der Waals surface area contributed by atoms with Gasteiger partial charge in [0.15, 0.2) is 0 Å². The minimum absolute atomic E-state index is 0.314. The number of hydrogen-bond acceptors (Lipinski definition) is 3. The van der Waals surface area contributed by atoms with Crippen LogP contribution in [0.5, 0.6) is 5.75 Å². The number of hydrogen-bond donors (Lipinski definition) is 3. The molecule has 1 aromatic carbocycles. The third-order valence-corrected chi connectivity index (χ3v) is 2.27. The molecular formula is C12H19NO2. The molecular weight excluding hydrogens is 190 g/mol. The molecule has 3 N–H and O–H groups in total. The molecule has 0 aliphatic rings. The quantitative estimate of drug-likeness (QED) is 0.493. The maximum absolute atomic E-state index is 9.09. The summed E-state index contributed by atoms with van der Waals surface area (Å²) in [6, 6.07) is 7.31. The van der Waals surface area contributed by atoms with Gasteiger partial charge in [0, 0.05) is 0 Å². The molecule has 0 heterocycles. The van der Waals surface area contributed by atoms with Crippen molar-refractivity contribution in [3.8, 4) is 5.75 Å². The number of unbranched alkanes of at least 4 members (excludes halogenated alkanes) is 1. The van der Waals surface area contributed by atoms with Crippen LogP contribution < -0.4 is 5.32 Å². The Morgan fingerprint density at radius 1 is 1.20 bits per heavy atom. The highest BCUT2D eigenvalue weighted by atomic mass is 16.3. The first-order valence-corrected chi connectivity index (χ1v) is 5.38. The van der Waals surface area contributed by atoms with Gasteiger partial charge in [0.25, 0.3) is 0 Å². The monoisotopic (exact) mass is 209 g/mol. The van der Waals surface area contributed by atoms with Gasteiger partial charge in [-0.3, -0.25) is 5.32 Å². The molecule has 0 aliphatic heterocycles. The molecule has 0 spiro atoms. The average molecular weight is 209 g/mol. The van der Waals surface area contributed by atoms with Gasteiger partial charge < -0.3 is 10.2 Å². The SMILES string of the molecule is CC(O)NCCCCc1ccc(O)cc1. The number of aliphatic hydroxyl groups excluding tert-OH is 1. The highest BCUT2D eigenvalue weighted by molar-refractivity contribution is 5.25. The molecule has 0 amide bonds. The van der Waals surface area contributed by atoms with Crippen molar-refractivity contribution in [2.75, 3.05) is 6.54 Å². The lowest BCUT2D eigenvalue weighted by molar-refractivity contribution is 0.156. The van der Waals surface area contributed by atoms with Crippen LogP contribution in [0.4, 0.5) is 0 Å². The predicted molar refractivity (Wildman–Crippen MR) is 60.7 cm³/mol. The van der Waals surface area contributed by atoms with E-state index >= 15 is 0 Å². The second kappa shape index (κ2) is 6.43. The molecule has 1 rings (SSSR count). The fourth-order valence-electron chi connectivity index (χ4n) is 1.43. The van der Waals surface area contributed by atoms with Crippen LogP contribution in [0.3, 0.4) is 0 Å². The highest BCUT2D eigenvalue weighted by Crippen LogP contribution is 2.11. The number of benzene rings is 1. The zero-order chi connectivity index (χ0) is 11.1. The van der Waals surface area contributed by atoms with E-state index < -0.39 is 6.23 Å². The molecule has 1 unspecified atom stereocenters. The third-order valence-electron chi connectivity index (χ3n) is 2.27. The normalized spacial score (nSPS) is 12.7. The smallest absolute Gasteiger partial charge is 0.115 e. The second-order valence-electron chi connectivity index (χ2n) is 3.75. The number of phenols is 1. The lowest BCUT2D eigenvalue weighted by Gasteiger charge is -2.06. The van der Waals surface area contributed by atoms with Crippen LogP contribution in [0.1, 0.15) is 25.3 Å².